The monoisotopic (exact) mass is 261 g/mol. The maximum absolute atomic E-state index is 11.4. The number of aliphatic hydroxyl groups is 1. The van der Waals surface area contributed by atoms with Crippen LogP contribution in [0.1, 0.15) is 13.3 Å². The van der Waals surface area contributed by atoms with Gasteiger partial charge < -0.3 is 25.7 Å². The summed E-state index contributed by atoms with van der Waals surface area (Å²) in [7, 11) is 1.53. The number of hydrogen-bond donors (Lipinski definition) is 4. The minimum atomic E-state index is -1.15. The van der Waals surface area contributed by atoms with Crippen LogP contribution in [0.15, 0.2) is 0 Å². The number of urea groups is 1. The van der Waals surface area contributed by atoms with Crippen LogP contribution in [0.5, 0.6) is 0 Å². The van der Waals surface area contributed by atoms with Gasteiger partial charge in [0.25, 0.3) is 0 Å². The number of carboxylic acid groups (broad SMARTS) is 1. The van der Waals surface area contributed by atoms with Crippen LogP contribution in [0.3, 0.4) is 0 Å². The highest BCUT2D eigenvalue weighted by atomic mass is 16.4. The van der Waals surface area contributed by atoms with E-state index in [0.717, 1.165) is 0 Å². The molecule has 0 aliphatic rings. The van der Waals surface area contributed by atoms with Gasteiger partial charge in [0.1, 0.15) is 6.54 Å². The van der Waals surface area contributed by atoms with Gasteiger partial charge >= 0.3 is 12.0 Å². The zero-order valence-corrected chi connectivity index (χ0v) is 10.5. The summed E-state index contributed by atoms with van der Waals surface area (Å²) in [6.07, 6.45) is -0.0612. The smallest absolute Gasteiger partial charge is 0.322 e. The van der Waals surface area contributed by atoms with Crippen molar-refractivity contribution in [2.75, 3.05) is 26.7 Å². The Morgan fingerprint density at radius 2 is 1.83 bits per heavy atom. The van der Waals surface area contributed by atoms with Crippen LogP contribution in [0.4, 0.5) is 4.79 Å². The number of rotatable bonds is 7. The second kappa shape index (κ2) is 8.29. The third kappa shape index (κ3) is 8.34. The fourth-order valence-corrected chi connectivity index (χ4v) is 1.01. The molecule has 8 heteroatoms. The topological polar surface area (TPSA) is 119 Å². The molecular formula is C10H19N3O5. The predicted molar refractivity (Wildman–Crippen MR) is 63.0 cm³/mol. The van der Waals surface area contributed by atoms with Crippen molar-refractivity contribution in [3.63, 3.8) is 0 Å². The average Bonchev–Trinajstić information content (AvgIpc) is 2.30. The maximum atomic E-state index is 11.4. The van der Waals surface area contributed by atoms with E-state index in [1.54, 1.807) is 6.92 Å². The minimum Gasteiger partial charge on any atom is -0.480 e. The van der Waals surface area contributed by atoms with Crippen LogP contribution >= 0.6 is 0 Å². The molecule has 0 saturated carbocycles. The van der Waals surface area contributed by atoms with Crippen molar-refractivity contribution < 1.29 is 24.6 Å². The molecule has 0 spiro atoms. The molecule has 0 aromatic carbocycles. The van der Waals surface area contributed by atoms with Gasteiger partial charge in [-0.25, -0.2) is 4.79 Å². The van der Waals surface area contributed by atoms with Crippen molar-refractivity contribution in [1.82, 2.24) is 15.5 Å². The standard InChI is InChI=1S/C10H19N3O5/c1-7(14)3-4-13(2)10(18)12-5-8(15)11-6-9(16)17/h7,14H,3-6H2,1-2H3,(H,11,15)(H,12,18)(H,16,17). The number of carbonyl (C=O) groups is 3. The van der Waals surface area contributed by atoms with Crippen molar-refractivity contribution in [1.29, 1.82) is 0 Å². The molecule has 0 aliphatic heterocycles. The molecule has 18 heavy (non-hydrogen) atoms. The molecule has 1 unspecified atom stereocenters. The van der Waals surface area contributed by atoms with Crippen LogP contribution in [-0.4, -0.2) is 65.8 Å². The highest BCUT2D eigenvalue weighted by molar-refractivity contribution is 5.86. The Labute approximate surface area is 105 Å². The van der Waals surface area contributed by atoms with Gasteiger partial charge in [0, 0.05) is 13.6 Å². The molecule has 0 saturated heterocycles. The van der Waals surface area contributed by atoms with Crippen molar-refractivity contribution in [3.8, 4) is 0 Å². The zero-order valence-electron chi connectivity index (χ0n) is 10.5. The maximum Gasteiger partial charge on any atom is 0.322 e. The second-order valence-electron chi connectivity index (χ2n) is 3.89. The summed E-state index contributed by atoms with van der Waals surface area (Å²) < 4.78 is 0. The van der Waals surface area contributed by atoms with E-state index in [1.807, 2.05) is 0 Å². The van der Waals surface area contributed by atoms with Crippen LogP contribution < -0.4 is 10.6 Å². The third-order valence-corrected chi connectivity index (χ3v) is 2.07. The van der Waals surface area contributed by atoms with Crippen LogP contribution in [0.25, 0.3) is 0 Å². The Bertz CT molecular complexity index is 306. The van der Waals surface area contributed by atoms with Crippen LogP contribution in [0.2, 0.25) is 0 Å². The lowest BCUT2D eigenvalue weighted by atomic mass is 10.3. The van der Waals surface area contributed by atoms with E-state index >= 15 is 0 Å². The molecule has 104 valence electrons. The fourth-order valence-electron chi connectivity index (χ4n) is 1.01. The number of amides is 3. The van der Waals surface area contributed by atoms with E-state index in [1.165, 1.54) is 11.9 Å². The Hall–Kier alpha value is -1.83. The normalized spacial score (nSPS) is 11.5. The van der Waals surface area contributed by atoms with E-state index in [2.05, 4.69) is 10.6 Å². The highest BCUT2D eigenvalue weighted by Crippen LogP contribution is 1.93. The summed E-state index contributed by atoms with van der Waals surface area (Å²) in [5.74, 6) is -1.72. The molecule has 0 bridgehead atoms. The largest absolute Gasteiger partial charge is 0.480 e. The van der Waals surface area contributed by atoms with Gasteiger partial charge in [-0.3, -0.25) is 9.59 Å². The summed E-state index contributed by atoms with van der Waals surface area (Å²) in [6.45, 7) is 1.21. The molecule has 0 fully saturated rings. The first-order chi connectivity index (χ1) is 8.32. The number of carbonyl (C=O) groups excluding carboxylic acids is 2. The number of aliphatic carboxylic acids is 1. The second-order valence-corrected chi connectivity index (χ2v) is 3.89. The molecule has 0 rings (SSSR count). The fraction of sp³-hybridized carbons (Fsp3) is 0.700. The molecule has 0 aromatic rings. The Balaban J connectivity index is 3.80. The van der Waals surface area contributed by atoms with Gasteiger partial charge in [-0.1, -0.05) is 0 Å². The highest BCUT2D eigenvalue weighted by Gasteiger charge is 2.11. The van der Waals surface area contributed by atoms with Crippen molar-refractivity contribution >= 4 is 17.9 Å². The lowest BCUT2D eigenvalue weighted by molar-refractivity contribution is -0.137. The molecule has 0 aromatic heterocycles. The third-order valence-electron chi connectivity index (χ3n) is 2.07. The molecule has 0 radical (unpaired) electrons. The molecule has 0 heterocycles. The van der Waals surface area contributed by atoms with Crippen molar-refractivity contribution in [3.05, 3.63) is 0 Å². The summed E-state index contributed by atoms with van der Waals surface area (Å²) in [4.78, 5) is 34.0. The van der Waals surface area contributed by atoms with Gasteiger partial charge in [-0.2, -0.15) is 0 Å². The van der Waals surface area contributed by atoms with Gasteiger partial charge in [0.15, 0.2) is 0 Å². The number of aliphatic hydroxyl groups excluding tert-OH is 1. The van der Waals surface area contributed by atoms with E-state index in [0.29, 0.717) is 13.0 Å². The first kappa shape index (κ1) is 16.2. The Morgan fingerprint density at radius 3 is 2.33 bits per heavy atom. The van der Waals surface area contributed by atoms with Crippen molar-refractivity contribution in [2.24, 2.45) is 0 Å². The SMILES string of the molecule is CC(O)CCN(C)C(=O)NCC(=O)NCC(=O)O. The molecule has 8 nitrogen and oxygen atoms in total. The van der Waals surface area contributed by atoms with E-state index in [9.17, 15) is 14.4 Å². The minimum absolute atomic E-state index is 0.287. The molecule has 4 N–H and O–H groups in total. The number of nitrogens with zero attached hydrogens (tertiary/aromatic N) is 1. The van der Waals surface area contributed by atoms with Gasteiger partial charge in [0.05, 0.1) is 12.6 Å². The molecule has 0 aliphatic carbocycles. The van der Waals surface area contributed by atoms with Crippen LogP contribution in [-0.2, 0) is 9.59 Å². The van der Waals surface area contributed by atoms with Crippen molar-refractivity contribution in [2.45, 2.75) is 19.4 Å². The van der Waals surface area contributed by atoms with Gasteiger partial charge in [-0.05, 0) is 13.3 Å². The average molecular weight is 261 g/mol. The summed E-state index contributed by atoms with van der Waals surface area (Å²) in [5, 5.41) is 21.8. The van der Waals surface area contributed by atoms with E-state index in [-0.39, 0.29) is 6.54 Å². The molecule has 3 amide bonds. The lowest BCUT2D eigenvalue weighted by Gasteiger charge is -2.18. The zero-order chi connectivity index (χ0) is 14.1. The molecule has 1 atom stereocenters. The predicted octanol–water partition coefficient (Wildman–Crippen LogP) is -1.40. The van der Waals surface area contributed by atoms with Gasteiger partial charge in [-0.15, -0.1) is 0 Å². The summed E-state index contributed by atoms with van der Waals surface area (Å²) in [6, 6.07) is -0.457. The van der Waals surface area contributed by atoms with E-state index in [4.69, 9.17) is 10.2 Å². The van der Waals surface area contributed by atoms with E-state index < -0.39 is 30.6 Å². The quantitative estimate of drug-likeness (QED) is 0.449. The Morgan fingerprint density at radius 1 is 1.22 bits per heavy atom. The first-order valence-electron chi connectivity index (χ1n) is 5.48. The molecular weight excluding hydrogens is 242 g/mol. The number of nitrogens with one attached hydrogen (secondary N) is 2. The first-order valence-corrected chi connectivity index (χ1v) is 5.48. The lowest BCUT2D eigenvalue weighted by Crippen LogP contribution is -2.44. The summed E-state index contributed by atoms with van der Waals surface area (Å²) >= 11 is 0. The van der Waals surface area contributed by atoms with Crippen LogP contribution in [0, 0.1) is 0 Å². The summed E-state index contributed by atoms with van der Waals surface area (Å²) in [5.41, 5.74) is 0. The Kier molecular flexibility index (Phi) is 7.45. The number of carboxylic acids is 1. The van der Waals surface area contributed by atoms with Gasteiger partial charge in [0.2, 0.25) is 5.91 Å². The number of hydrogen-bond acceptors (Lipinski definition) is 4.